The quantitative estimate of drug-likeness (QED) is 0.0787. The standard InChI is InChI=1S/C10H11BFNO3.C10H10BFO3.C2H4O2.ClH.H3NO.Na/c1-10(2)8-7(11(14)16-10)4-3-6(5-13-15)9(8)12;1-10(2)8-7(11(14)15-10)4-3-6(5-13)9(8)12;1-2(3)4;;1-2;/h3-5,14-15H,1-2H3;3-5,14H,1-2H3;1H3,(H,3,4);1H;2H,1H2;/q;;;;;+1/p-1. The molecule has 0 aliphatic carbocycles. The maximum Gasteiger partial charge on any atom is 1.00 e. The zero-order valence-corrected chi connectivity index (χ0v) is 25.0. The van der Waals surface area contributed by atoms with Crippen LogP contribution in [0.15, 0.2) is 29.4 Å². The van der Waals surface area contributed by atoms with Crippen molar-refractivity contribution in [3.63, 3.8) is 0 Å². The van der Waals surface area contributed by atoms with Gasteiger partial charge in [-0.15, -0.1) is 12.4 Å². The largest absolute Gasteiger partial charge is 1.00 e. The summed E-state index contributed by atoms with van der Waals surface area (Å²) in [4.78, 5) is 19.5. The summed E-state index contributed by atoms with van der Waals surface area (Å²) in [6.45, 7) is 7.62. The second kappa shape index (κ2) is 16.4. The molecule has 2 heterocycles. The van der Waals surface area contributed by atoms with Crippen molar-refractivity contribution in [3.8, 4) is 0 Å². The van der Waals surface area contributed by atoms with Gasteiger partial charge >= 0.3 is 43.8 Å². The SMILES string of the molecule is CC(=O)[O-].CC1(C)OB(O)c2ccc(C=NO)c(F)c21.CC1(C)OB(O)c2ccc(C=O)c(F)c21.Cl.NO.[Na+]. The van der Waals surface area contributed by atoms with Gasteiger partial charge in [-0.1, -0.05) is 23.4 Å². The third kappa shape index (κ3) is 9.32. The molecule has 0 atom stereocenters. The normalized spacial score (nSPS) is 15.1. The Bertz CT molecular complexity index is 1170. The Kier molecular flexibility index (Phi) is 16.5. The number of oxime groups is 1. The van der Waals surface area contributed by atoms with E-state index in [1.54, 1.807) is 33.8 Å². The van der Waals surface area contributed by atoms with Gasteiger partial charge in [0, 0.05) is 22.7 Å². The number of hydrogen-bond acceptors (Lipinski definition) is 11. The number of fused-ring (bicyclic) bond motifs is 2. The molecule has 39 heavy (non-hydrogen) atoms. The van der Waals surface area contributed by atoms with E-state index in [0.717, 1.165) is 13.1 Å². The van der Waals surface area contributed by atoms with Gasteiger partial charge < -0.3 is 39.7 Å². The number of carboxylic acids is 1. The number of carbonyl (C=O) groups is 2. The molecule has 2 aromatic rings. The molecule has 6 N–H and O–H groups in total. The fourth-order valence-electron chi connectivity index (χ4n) is 3.91. The number of nitrogens with two attached hydrogens (primary N) is 1. The van der Waals surface area contributed by atoms with Gasteiger partial charge in [0.1, 0.15) is 11.6 Å². The average Bonchev–Trinajstić information content (AvgIpc) is 3.19. The number of carboxylic acid groups (broad SMARTS) is 1. The molecule has 4 rings (SSSR count). The van der Waals surface area contributed by atoms with E-state index >= 15 is 0 Å². The summed E-state index contributed by atoms with van der Waals surface area (Å²) in [5.41, 5.74) is -0.278. The van der Waals surface area contributed by atoms with E-state index in [4.69, 9.17) is 29.6 Å². The first-order valence-electron chi connectivity index (χ1n) is 10.6. The van der Waals surface area contributed by atoms with Crippen molar-refractivity contribution in [2.45, 2.75) is 45.8 Å². The van der Waals surface area contributed by atoms with Crippen LogP contribution < -0.4 is 51.5 Å². The summed E-state index contributed by atoms with van der Waals surface area (Å²) in [5, 5.41) is 45.7. The first-order valence-corrected chi connectivity index (χ1v) is 10.6. The van der Waals surface area contributed by atoms with E-state index in [9.17, 15) is 23.6 Å². The van der Waals surface area contributed by atoms with Crippen molar-refractivity contribution in [1.82, 2.24) is 0 Å². The molecular formula is C22H28B2ClF2N2NaO9. The Hall–Kier alpha value is -1.91. The van der Waals surface area contributed by atoms with Crippen LogP contribution in [0, 0.1) is 11.6 Å². The fourth-order valence-corrected chi connectivity index (χ4v) is 3.91. The van der Waals surface area contributed by atoms with Gasteiger partial charge in [-0.3, -0.25) is 4.79 Å². The molecule has 0 saturated heterocycles. The van der Waals surface area contributed by atoms with Gasteiger partial charge in [-0.25, -0.2) is 14.7 Å². The van der Waals surface area contributed by atoms with Gasteiger partial charge in [0.2, 0.25) is 0 Å². The molecule has 0 unspecified atom stereocenters. The van der Waals surface area contributed by atoms with Crippen LogP contribution >= 0.6 is 12.4 Å². The van der Waals surface area contributed by atoms with Gasteiger partial charge in [0.05, 0.1) is 23.0 Å². The van der Waals surface area contributed by atoms with Crippen LogP contribution in [0.5, 0.6) is 0 Å². The van der Waals surface area contributed by atoms with Crippen molar-refractivity contribution in [2.24, 2.45) is 11.1 Å². The van der Waals surface area contributed by atoms with Crippen LogP contribution in [-0.4, -0.2) is 53.2 Å². The molecule has 2 aromatic carbocycles. The second-order valence-corrected chi connectivity index (χ2v) is 8.68. The third-order valence-electron chi connectivity index (χ3n) is 5.28. The molecule has 0 spiro atoms. The Morgan fingerprint density at radius 2 is 1.28 bits per heavy atom. The number of nitrogens with zero attached hydrogens (tertiary/aromatic N) is 1. The Morgan fingerprint density at radius 3 is 1.62 bits per heavy atom. The first kappa shape index (κ1) is 39.2. The number of benzene rings is 2. The maximum absolute atomic E-state index is 14.0. The molecule has 0 bridgehead atoms. The maximum atomic E-state index is 14.0. The summed E-state index contributed by atoms with van der Waals surface area (Å²) >= 11 is 0. The summed E-state index contributed by atoms with van der Waals surface area (Å²) in [5.74, 6) is 1.28. The zero-order valence-electron chi connectivity index (χ0n) is 22.1. The van der Waals surface area contributed by atoms with Gasteiger partial charge in [-0.05, 0) is 51.6 Å². The molecule has 0 amide bonds. The molecule has 0 fully saturated rings. The van der Waals surface area contributed by atoms with E-state index < -0.39 is 43.0 Å². The monoisotopic (exact) mass is 582 g/mol. The van der Waals surface area contributed by atoms with E-state index in [1.807, 2.05) is 0 Å². The first-order chi connectivity index (χ1) is 17.2. The predicted octanol–water partition coefficient (Wildman–Crippen LogP) is -3.31. The number of rotatable bonds is 2. The van der Waals surface area contributed by atoms with Crippen molar-refractivity contribution < 1.29 is 82.8 Å². The Balaban J connectivity index is 0. The second-order valence-electron chi connectivity index (χ2n) is 8.68. The Labute approximate surface area is 252 Å². The summed E-state index contributed by atoms with van der Waals surface area (Å²) in [6, 6.07) is 5.85. The van der Waals surface area contributed by atoms with E-state index in [-0.39, 0.29) is 58.7 Å². The minimum atomic E-state index is -1.12. The predicted molar refractivity (Wildman–Crippen MR) is 135 cm³/mol. The number of halogens is 3. The molecule has 0 saturated carbocycles. The van der Waals surface area contributed by atoms with Crippen LogP contribution in [-0.2, 0) is 25.3 Å². The van der Waals surface area contributed by atoms with E-state index in [1.165, 1.54) is 18.2 Å². The van der Waals surface area contributed by atoms with Crippen LogP contribution in [0.1, 0.15) is 61.7 Å². The van der Waals surface area contributed by atoms with Crippen LogP contribution in [0.4, 0.5) is 8.78 Å². The van der Waals surface area contributed by atoms with Gasteiger partial charge in [0.15, 0.2) is 6.29 Å². The molecule has 2 aliphatic heterocycles. The van der Waals surface area contributed by atoms with E-state index in [2.05, 4.69) is 11.1 Å². The van der Waals surface area contributed by atoms with E-state index in [0.29, 0.717) is 22.8 Å². The topological polar surface area (TPSA) is 195 Å². The smallest absolute Gasteiger partial charge is 0.550 e. The van der Waals surface area contributed by atoms with Crippen molar-refractivity contribution in [2.75, 3.05) is 0 Å². The molecule has 0 radical (unpaired) electrons. The van der Waals surface area contributed by atoms with Crippen molar-refractivity contribution in [1.29, 1.82) is 0 Å². The Morgan fingerprint density at radius 1 is 0.949 bits per heavy atom. The number of aldehydes is 1. The van der Waals surface area contributed by atoms with Crippen molar-refractivity contribution >= 4 is 56.0 Å². The molecular weight excluding hydrogens is 554 g/mol. The third-order valence-corrected chi connectivity index (χ3v) is 5.28. The number of aliphatic carboxylic acids is 1. The van der Waals surface area contributed by atoms with Crippen molar-refractivity contribution in [3.05, 3.63) is 58.2 Å². The van der Waals surface area contributed by atoms with Gasteiger partial charge in [-0.2, -0.15) is 0 Å². The van der Waals surface area contributed by atoms with Gasteiger partial charge in [0.25, 0.3) is 0 Å². The fraction of sp³-hybridized carbons (Fsp3) is 0.318. The zero-order chi connectivity index (χ0) is 28.7. The molecule has 0 aromatic heterocycles. The molecule has 11 nitrogen and oxygen atoms in total. The molecule has 208 valence electrons. The summed E-state index contributed by atoms with van der Waals surface area (Å²) in [7, 11) is -2.23. The molecule has 17 heteroatoms. The van der Waals surface area contributed by atoms with Crippen LogP contribution in [0.2, 0.25) is 0 Å². The summed E-state index contributed by atoms with van der Waals surface area (Å²) in [6.07, 6.45) is 1.47. The van der Waals surface area contributed by atoms with Crippen LogP contribution in [0.25, 0.3) is 0 Å². The minimum absolute atomic E-state index is 0. The number of carbonyl (C=O) groups excluding carboxylic acids is 2. The minimum Gasteiger partial charge on any atom is -0.550 e. The summed E-state index contributed by atoms with van der Waals surface area (Å²) < 4.78 is 38.3. The number of hydrogen-bond donors (Lipinski definition) is 5. The average molecular weight is 583 g/mol. The van der Waals surface area contributed by atoms with Crippen LogP contribution in [0.3, 0.4) is 0 Å². The molecule has 2 aliphatic rings.